The van der Waals surface area contributed by atoms with Crippen molar-refractivity contribution in [2.75, 3.05) is 7.11 Å². The van der Waals surface area contributed by atoms with Gasteiger partial charge in [0.05, 0.1) is 17.7 Å². The monoisotopic (exact) mass is 463 g/mol. The second-order valence-corrected chi connectivity index (χ2v) is 7.37. The van der Waals surface area contributed by atoms with Crippen LogP contribution in [0.25, 0.3) is 11.3 Å². The number of aryl methyl sites for hydroxylation is 2. The molecule has 0 saturated heterocycles. The number of carbonyl (C=O) groups is 1. The van der Waals surface area contributed by atoms with Crippen LogP contribution in [0.4, 0.5) is 5.69 Å². The molecule has 1 aromatic carbocycles. The molecule has 0 radical (unpaired) electrons. The normalized spacial score (nSPS) is 10.9. The van der Waals surface area contributed by atoms with Gasteiger partial charge < -0.3 is 13.7 Å². The number of aromatic nitrogens is 1. The molecule has 0 spiro atoms. The topological polar surface area (TPSA) is 153 Å². The Morgan fingerprint density at radius 1 is 1.32 bits per heavy atom. The fourth-order valence-electron chi connectivity index (χ4n) is 3.37. The maximum atomic E-state index is 12.6. The summed E-state index contributed by atoms with van der Waals surface area (Å²) in [5, 5.41) is 24.0. The van der Waals surface area contributed by atoms with Crippen molar-refractivity contribution < 1.29 is 18.9 Å². The van der Waals surface area contributed by atoms with Crippen molar-refractivity contribution in [3.8, 4) is 17.4 Å². The van der Waals surface area contributed by atoms with Gasteiger partial charge in [-0.25, -0.2) is 5.43 Å². The van der Waals surface area contributed by atoms with Crippen LogP contribution in [0.2, 0.25) is 0 Å². The predicted octanol–water partition coefficient (Wildman–Crippen LogP) is 2.80. The van der Waals surface area contributed by atoms with E-state index in [9.17, 15) is 25.0 Å². The highest BCUT2D eigenvalue weighted by Gasteiger charge is 2.15. The first-order chi connectivity index (χ1) is 16.2. The number of pyridine rings is 1. The number of hydrogen-bond donors (Lipinski definition) is 1. The molecule has 0 aliphatic heterocycles. The number of amides is 1. The molecule has 1 amide bonds. The maximum Gasteiger partial charge on any atom is 0.269 e. The molecule has 0 bridgehead atoms. The largest absolute Gasteiger partial charge is 0.455 e. The number of furan rings is 1. The average Bonchev–Trinajstić information content (AvgIpc) is 3.25. The van der Waals surface area contributed by atoms with Gasteiger partial charge in [-0.1, -0.05) is 0 Å². The lowest BCUT2D eigenvalue weighted by molar-refractivity contribution is -0.384. The molecule has 2 aromatic heterocycles. The summed E-state index contributed by atoms with van der Waals surface area (Å²) in [6, 6.07) is 11.3. The highest BCUT2D eigenvalue weighted by atomic mass is 16.6. The fourth-order valence-corrected chi connectivity index (χ4v) is 3.37. The smallest absolute Gasteiger partial charge is 0.269 e. The van der Waals surface area contributed by atoms with E-state index in [4.69, 9.17) is 9.15 Å². The molecular formula is C23H21N5O6. The lowest BCUT2D eigenvalue weighted by Crippen LogP contribution is -2.33. The van der Waals surface area contributed by atoms with Crippen molar-refractivity contribution in [2.45, 2.75) is 27.0 Å². The minimum Gasteiger partial charge on any atom is -0.455 e. The lowest BCUT2D eigenvalue weighted by atomic mass is 10.1. The summed E-state index contributed by atoms with van der Waals surface area (Å²) in [6.07, 6.45) is 1.29. The first-order valence-corrected chi connectivity index (χ1v) is 10.0. The molecule has 0 saturated carbocycles. The van der Waals surface area contributed by atoms with Crippen molar-refractivity contribution in [1.29, 1.82) is 5.26 Å². The van der Waals surface area contributed by atoms with Crippen LogP contribution >= 0.6 is 0 Å². The van der Waals surface area contributed by atoms with Gasteiger partial charge >= 0.3 is 0 Å². The third kappa shape index (κ3) is 5.25. The Labute approximate surface area is 194 Å². The van der Waals surface area contributed by atoms with E-state index in [-0.39, 0.29) is 24.4 Å². The van der Waals surface area contributed by atoms with Crippen molar-refractivity contribution >= 4 is 17.8 Å². The number of rotatable bonds is 8. The van der Waals surface area contributed by atoms with E-state index in [1.807, 2.05) is 6.07 Å². The van der Waals surface area contributed by atoms with Gasteiger partial charge in [-0.05, 0) is 43.7 Å². The van der Waals surface area contributed by atoms with E-state index in [1.54, 1.807) is 38.1 Å². The van der Waals surface area contributed by atoms with Gasteiger partial charge in [-0.15, -0.1) is 0 Å². The first-order valence-electron chi connectivity index (χ1n) is 10.0. The molecule has 0 fully saturated rings. The zero-order valence-corrected chi connectivity index (χ0v) is 18.7. The van der Waals surface area contributed by atoms with Crippen molar-refractivity contribution in [3.05, 3.63) is 85.0 Å². The van der Waals surface area contributed by atoms with Gasteiger partial charge in [0.25, 0.3) is 17.2 Å². The molecule has 3 aromatic rings. The van der Waals surface area contributed by atoms with Crippen LogP contribution in [-0.4, -0.2) is 28.7 Å². The molecule has 11 nitrogen and oxygen atoms in total. The quantitative estimate of drug-likeness (QED) is 0.306. The van der Waals surface area contributed by atoms with Crippen molar-refractivity contribution in [3.63, 3.8) is 0 Å². The summed E-state index contributed by atoms with van der Waals surface area (Å²) < 4.78 is 11.9. The summed E-state index contributed by atoms with van der Waals surface area (Å²) in [6.45, 7) is 3.18. The number of carbonyl (C=O) groups excluding carboxylic acids is 1. The molecule has 1 N–H and O–H groups in total. The van der Waals surface area contributed by atoms with E-state index >= 15 is 0 Å². The van der Waals surface area contributed by atoms with Gasteiger partial charge in [0.1, 0.15) is 29.7 Å². The van der Waals surface area contributed by atoms with Crippen LogP contribution in [0.15, 0.2) is 50.7 Å². The zero-order chi connectivity index (χ0) is 24.8. The van der Waals surface area contributed by atoms with Gasteiger partial charge in [0.15, 0.2) is 0 Å². The van der Waals surface area contributed by atoms with Crippen LogP contribution in [0.5, 0.6) is 0 Å². The Hall–Kier alpha value is -4.56. The van der Waals surface area contributed by atoms with Gasteiger partial charge in [0, 0.05) is 36.1 Å². The Balaban J connectivity index is 1.69. The van der Waals surface area contributed by atoms with Crippen LogP contribution < -0.4 is 11.0 Å². The number of nitro benzene ring substituents is 1. The summed E-state index contributed by atoms with van der Waals surface area (Å²) in [5.41, 5.74) is 3.98. The number of hydrogen-bond acceptors (Lipinski definition) is 8. The number of non-ortho nitro benzene ring substituents is 1. The number of nitriles is 1. The Bertz CT molecular complexity index is 1380. The summed E-state index contributed by atoms with van der Waals surface area (Å²) in [4.78, 5) is 35.3. The van der Waals surface area contributed by atoms with Crippen molar-refractivity contribution in [2.24, 2.45) is 5.10 Å². The lowest BCUT2D eigenvalue weighted by Gasteiger charge is -2.12. The van der Waals surface area contributed by atoms with Gasteiger partial charge in [0.2, 0.25) is 0 Å². The SMILES string of the molecule is COCc1cc(C)n(CC(=O)NN=Cc2ccc(-c3ccc([N+](=O)[O-])cc3C)o2)c(=O)c1C#N. The van der Waals surface area contributed by atoms with Crippen LogP contribution in [0.1, 0.15) is 28.1 Å². The average molecular weight is 463 g/mol. The summed E-state index contributed by atoms with van der Waals surface area (Å²) in [7, 11) is 1.46. The van der Waals surface area contributed by atoms with E-state index in [1.165, 1.54) is 30.0 Å². The van der Waals surface area contributed by atoms with Crippen LogP contribution in [0, 0.1) is 35.3 Å². The Morgan fingerprint density at radius 3 is 2.74 bits per heavy atom. The van der Waals surface area contributed by atoms with Crippen LogP contribution in [0.3, 0.4) is 0 Å². The number of nitrogens with zero attached hydrogens (tertiary/aromatic N) is 4. The summed E-state index contributed by atoms with van der Waals surface area (Å²) in [5.74, 6) is 0.266. The standard InChI is InChI=1S/C23H21N5O6/c1-14-8-17(28(31)32)4-6-19(14)21-7-5-18(34-21)11-25-26-22(29)12-27-15(2)9-16(13-33-3)20(10-24)23(27)30/h4-9,11H,12-13H2,1-3H3,(H,26,29). The Kier molecular flexibility index (Phi) is 7.35. The second-order valence-electron chi connectivity index (χ2n) is 7.37. The minimum atomic E-state index is -0.581. The van der Waals surface area contributed by atoms with Crippen LogP contribution in [-0.2, 0) is 22.7 Å². The second kappa shape index (κ2) is 10.4. The molecule has 0 atom stereocenters. The molecule has 11 heteroatoms. The molecule has 0 aliphatic rings. The third-order valence-electron chi connectivity index (χ3n) is 5.00. The minimum absolute atomic E-state index is 0.0122. The highest BCUT2D eigenvalue weighted by Crippen LogP contribution is 2.28. The van der Waals surface area contributed by atoms with Gasteiger partial charge in [-0.2, -0.15) is 10.4 Å². The summed E-state index contributed by atoms with van der Waals surface area (Å²) >= 11 is 0. The molecule has 0 aliphatic carbocycles. The fraction of sp³-hybridized carbons (Fsp3) is 0.217. The number of methoxy groups -OCH3 is 1. The van der Waals surface area contributed by atoms with Crippen molar-refractivity contribution in [1.82, 2.24) is 9.99 Å². The first kappa shape index (κ1) is 24.1. The molecule has 2 heterocycles. The molecule has 34 heavy (non-hydrogen) atoms. The zero-order valence-electron chi connectivity index (χ0n) is 18.7. The molecule has 174 valence electrons. The third-order valence-corrected chi connectivity index (χ3v) is 5.00. The highest BCUT2D eigenvalue weighted by molar-refractivity contribution is 5.81. The molecule has 0 unspecified atom stereocenters. The number of nitro groups is 1. The number of hydrazone groups is 1. The van der Waals surface area contributed by atoms with Gasteiger partial charge in [-0.3, -0.25) is 19.7 Å². The van der Waals surface area contributed by atoms with E-state index in [0.717, 1.165) is 0 Å². The molecule has 3 rings (SSSR count). The van der Waals surface area contributed by atoms with E-state index in [0.29, 0.717) is 33.9 Å². The molecular weight excluding hydrogens is 442 g/mol. The van der Waals surface area contributed by atoms with E-state index < -0.39 is 16.4 Å². The maximum absolute atomic E-state index is 12.6. The Morgan fingerprint density at radius 2 is 2.09 bits per heavy atom. The number of ether oxygens (including phenoxy) is 1. The number of nitrogens with one attached hydrogen (secondary N) is 1. The predicted molar refractivity (Wildman–Crippen MR) is 122 cm³/mol. The van der Waals surface area contributed by atoms with E-state index in [2.05, 4.69) is 10.5 Å². The number of benzene rings is 1.